The molecule has 0 saturated carbocycles. The monoisotopic (exact) mass is 501 g/mol. The number of hydrogen-bond donors (Lipinski definition) is 4. The number of aromatic nitrogens is 2. The Bertz CT molecular complexity index is 1110. The molecule has 152 valence electrons. The van der Waals surface area contributed by atoms with Gasteiger partial charge in [-0.05, 0) is 48.6 Å². The summed E-state index contributed by atoms with van der Waals surface area (Å²) in [5.41, 5.74) is 6.38. The lowest BCUT2D eigenvalue weighted by Crippen LogP contribution is -2.39. The van der Waals surface area contributed by atoms with Gasteiger partial charge < -0.3 is 20.6 Å². The third-order valence-corrected chi connectivity index (χ3v) is 5.27. The van der Waals surface area contributed by atoms with Crippen LogP contribution in [0, 0.1) is 6.92 Å². The molecule has 4 rings (SSSR count). The van der Waals surface area contributed by atoms with Crippen LogP contribution in [-0.4, -0.2) is 36.1 Å². The van der Waals surface area contributed by atoms with E-state index in [-0.39, 0.29) is 24.0 Å². The summed E-state index contributed by atoms with van der Waals surface area (Å²) < 4.78 is 0. The third kappa shape index (κ3) is 4.75. The van der Waals surface area contributed by atoms with Crippen molar-refractivity contribution in [2.45, 2.75) is 19.8 Å². The summed E-state index contributed by atoms with van der Waals surface area (Å²) >= 11 is 0. The molecule has 0 amide bonds. The van der Waals surface area contributed by atoms with Crippen molar-refractivity contribution in [3.63, 3.8) is 0 Å². The van der Waals surface area contributed by atoms with Crippen molar-refractivity contribution in [3.05, 3.63) is 71.5 Å². The highest BCUT2D eigenvalue weighted by Crippen LogP contribution is 2.22. The van der Waals surface area contributed by atoms with Crippen LogP contribution in [0.25, 0.3) is 21.8 Å². The number of aryl methyl sites for hydroxylation is 1. The van der Waals surface area contributed by atoms with Crippen LogP contribution in [0.4, 0.5) is 0 Å². The number of aromatic amines is 2. The average Bonchev–Trinajstić information content (AvgIpc) is 3.32. The molecule has 4 aromatic rings. The molecule has 0 radical (unpaired) electrons. The normalized spacial score (nSPS) is 11.6. The minimum Gasteiger partial charge on any atom is -0.361 e. The Morgan fingerprint density at radius 2 is 1.52 bits per heavy atom. The fourth-order valence-electron chi connectivity index (χ4n) is 3.84. The minimum absolute atomic E-state index is 0. The number of halogens is 1. The third-order valence-electron chi connectivity index (χ3n) is 5.27. The second-order valence-corrected chi connectivity index (χ2v) is 7.10. The molecule has 0 aliphatic heterocycles. The quantitative estimate of drug-likeness (QED) is 0.178. The van der Waals surface area contributed by atoms with Crippen LogP contribution in [0.1, 0.15) is 16.7 Å². The van der Waals surface area contributed by atoms with Crippen LogP contribution in [0.3, 0.4) is 0 Å². The molecule has 0 atom stereocenters. The zero-order valence-electron chi connectivity index (χ0n) is 16.9. The summed E-state index contributed by atoms with van der Waals surface area (Å²) in [6.45, 7) is 3.85. The maximum absolute atomic E-state index is 4.35. The largest absolute Gasteiger partial charge is 0.361 e. The van der Waals surface area contributed by atoms with Gasteiger partial charge in [0, 0.05) is 54.3 Å². The van der Waals surface area contributed by atoms with Crippen molar-refractivity contribution in [2.24, 2.45) is 4.99 Å². The first-order chi connectivity index (χ1) is 13.8. The minimum atomic E-state index is 0. The van der Waals surface area contributed by atoms with Gasteiger partial charge >= 0.3 is 0 Å². The Hall–Kier alpha value is -2.48. The van der Waals surface area contributed by atoms with Gasteiger partial charge in [-0.2, -0.15) is 0 Å². The molecule has 2 aromatic heterocycles. The molecule has 0 spiro atoms. The zero-order valence-corrected chi connectivity index (χ0v) is 19.2. The molecule has 2 aromatic carbocycles. The molecule has 0 unspecified atom stereocenters. The fraction of sp³-hybridized carbons (Fsp3) is 0.261. The van der Waals surface area contributed by atoms with Gasteiger partial charge in [-0.1, -0.05) is 30.3 Å². The zero-order chi connectivity index (χ0) is 19.3. The van der Waals surface area contributed by atoms with Crippen LogP contribution in [0.5, 0.6) is 0 Å². The standard InChI is InChI=1S/C23H27N5.HI/c1-16-6-5-9-21-22(16)18(15-28-21)11-13-26-23(24-2)25-12-10-17-14-27-20-8-4-3-7-19(17)20;/h3-9,14-15,27-28H,10-13H2,1-2H3,(H2,24,25,26);1H. The predicted octanol–water partition coefficient (Wildman–Crippen LogP) is 4.53. The van der Waals surface area contributed by atoms with E-state index in [9.17, 15) is 0 Å². The van der Waals surface area contributed by atoms with Gasteiger partial charge in [-0.25, -0.2) is 0 Å². The van der Waals surface area contributed by atoms with Gasteiger partial charge in [-0.3, -0.25) is 4.99 Å². The topological polar surface area (TPSA) is 68.0 Å². The first-order valence-corrected chi connectivity index (χ1v) is 9.81. The van der Waals surface area contributed by atoms with E-state index in [1.807, 2.05) is 7.05 Å². The van der Waals surface area contributed by atoms with E-state index < -0.39 is 0 Å². The van der Waals surface area contributed by atoms with Gasteiger partial charge in [0.15, 0.2) is 5.96 Å². The van der Waals surface area contributed by atoms with Crippen molar-refractivity contribution in [1.29, 1.82) is 0 Å². The number of aliphatic imine (C=N–C) groups is 1. The maximum Gasteiger partial charge on any atom is 0.190 e. The lowest BCUT2D eigenvalue weighted by molar-refractivity contribution is 0.787. The Morgan fingerprint density at radius 1 is 0.862 bits per heavy atom. The molecule has 0 aliphatic rings. The van der Waals surface area contributed by atoms with E-state index in [0.29, 0.717) is 0 Å². The second-order valence-electron chi connectivity index (χ2n) is 7.10. The van der Waals surface area contributed by atoms with Gasteiger partial charge in [0.05, 0.1) is 0 Å². The van der Waals surface area contributed by atoms with E-state index in [0.717, 1.165) is 31.9 Å². The lowest BCUT2D eigenvalue weighted by Gasteiger charge is -2.11. The van der Waals surface area contributed by atoms with Gasteiger partial charge in [0.25, 0.3) is 0 Å². The Balaban J connectivity index is 0.00000240. The summed E-state index contributed by atoms with van der Waals surface area (Å²) in [6.07, 6.45) is 6.12. The van der Waals surface area contributed by atoms with Gasteiger partial charge in [0.1, 0.15) is 0 Å². The fourth-order valence-corrected chi connectivity index (χ4v) is 3.84. The number of rotatable bonds is 6. The molecule has 0 fully saturated rings. The molecule has 0 saturated heterocycles. The Labute approximate surface area is 188 Å². The highest BCUT2D eigenvalue weighted by atomic mass is 127. The highest BCUT2D eigenvalue weighted by Gasteiger charge is 2.07. The molecule has 29 heavy (non-hydrogen) atoms. The number of nitrogens with one attached hydrogen (secondary N) is 4. The van der Waals surface area contributed by atoms with Crippen LogP contribution >= 0.6 is 24.0 Å². The van der Waals surface area contributed by atoms with E-state index in [1.165, 1.54) is 38.5 Å². The second kappa shape index (κ2) is 9.82. The highest BCUT2D eigenvalue weighted by molar-refractivity contribution is 14.0. The van der Waals surface area contributed by atoms with Crippen molar-refractivity contribution in [3.8, 4) is 0 Å². The summed E-state index contributed by atoms with van der Waals surface area (Å²) in [4.78, 5) is 11.0. The van der Waals surface area contributed by atoms with Crippen molar-refractivity contribution in [2.75, 3.05) is 20.1 Å². The maximum atomic E-state index is 4.35. The SMILES string of the molecule is CN=C(NCCc1c[nH]c2ccccc12)NCCc1c[nH]c2cccc(C)c12.I. The van der Waals surface area contributed by atoms with Crippen molar-refractivity contribution >= 4 is 51.7 Å². The molecular weight excluding hydrogens is 473 g/mol. The van der Waals surface area contributed by atoms with Crippen molar-refractivity contribution in [1.82, 2.24) is 20.6 Å². The van der Waals surface area contributed by atoms with E-state index in [4.69, 9.17) is 0 Å². The number of guanidine groups is 1. The van der Waals surface area contributed by atoms with E-state index in [1.54, 1.807) is 0 Å². The molecular formula is C23H28IN5. The number of fused-ring (bicyclic) bond motifs is 2. The molecule has 4 N–H and O–H groups in total. The Morgan fingerprint density at radius 3 is 2.31 bits per heavy atom. The number of para-hydroxylation sites is 1. The summed E-state index contributed by atoms with van der Waals surface area (Å²) in [5.74, 6) is 0.844. The first kappa shape index (κ1) is 21.2. The average molecular weight is 501 g/mol. The van der Waals surface area contributed by atoms with Crippen LogP contribution in [0.2, 0.25) is 0 Å². The van der Waals surface area contributed by atoms with E-state index in [2.05, 4.69) is 87.4 Å². The smallest absolute Gasteiger partial charge is 0.190 e. The van der Waals surface area contributed by atoms with Gasteiger partial charge in [0.2, 0.25) is 0 Å². The van der Waals surface area contributed by atoms with E-state index >= 15 is 0 Å². The molecule has 6 heteroatoms. The van der Waals surface area contributed by atoms with Crippen LogP contribution in [0.15, 0.2) is 59.9 Å². The number of nitrogens with zero attached hydrogens (tertiary/aromatic N) is 1. The first-order valence-electron chi connectivity index (χ1n) is 9.81. The van der Waals surface area contributed by atoms with Gasteiger partial charge in [-0.15, -0.1) is 24.0 Å². The Kier molecular flexibility index (Phi) is 7.19. The molecule has 5 nitrogen and oxygen atoms in total. The summed E-state index contributed by atoms with van der Waals surface area (Å²) in [7, 11) is 1.82. The summed E-state index contributed by atoms with van der Waals surface area (Å²) in [5, 5.41) is 9.48. The molecule has 0 aliphatic carbocycles. The summed E-state index contributed by atoms with van der Waals surface area (Å²) in [6, 6.07) is 14.8. The predicted molar refractivity (Wildman–Crippen MR) is 134 cm³/mol. The molecule has 2 heterocycles. The number of benzene rings is 2. The number of H-pyrrole nitrogens is 2. The van der Waals surface area contributed by atoms with Crippen molar-refractivity contribution < 1.29 is 0 Å². The lowest BCUT2D eigenvalue weighted by atomic mass is 10.1. The molecule has 0 bridgehead atoms. The number of hydrogen-bond acceptors (Lipinski definition) is 1. The van der Waals surface area contributed by atoms with Crippen LogP contribution < -0.4 is 10.6 Å². The van der Waals surface area contributed by atoms with Crippen LogP contribution in [-0.2, 0) is 12.8 Å².